The van der Waals surface area contributed by atoms with Crippen LogP contribution in [0.1, 0.15) is 15.5 Å². The molecule has 0 radical (unpaired) electrons. The van der Waals surface area contributed by atoms with Crippen molar-refractivity contribution in [3.8, 4) is 11.4 Å². The zero-order valence-corrected chi connectivity index (χ0v) is 11.4. The molecule has 5 nitrogen and oxygen atoms in total. The maximum Gasteiger partial charge on any atom is 0.356 e. The second kappa shape index (κ2) is 4.72. The highest BCUT2D eigenvalue weighted by Gasteiger charge is 2.21. The number of rotatable bonds is 2. The molecule has 0 amide bonds. The van der Waals surface area contributed by atoms with E-state index in [1.807, 2.05) is 6.92 Å². The van der Waals surface area contributed by atoms with Crippen LogP contribution in [0.15, 0.2) is 5.38 Å². The van der Waals surface area contributed by atoms with Crippen LogP contribution in [0, 0.1) is 6.92 Å². The Labute approximate surface area is 116 Å². The number of nitrogens with zero attached hydrogens (tertiary/aromatic N) is 2. The number of aromatic nitrogens is 2. The lowest BCUT2D eigenvalue weighted by molar-refractivity contribution is 0.0691. The maximum atomic E-state index is 11.0. The molecular weight excluding hydrogens is 297 g/mol. The van der Waals surface area contributed by atoms with Gasteiger partial charge in [-0.1, -0.05) is 23.2 Å². The Hall–Kier alpha value is -1.37. The number of aryl methyl sites for hydroxylation is 1. The van der Waals surface area contributed by atoms with E-state index in [2.05, 4.69) is 9.97 Å². The van der Waals surface area contributed by atoms with Crippen LogP contribution >= 0.6 is 34.5 Å². The summed E-state index contributed by atoms with van der Waals surface area (Å²) < 4.78 is 0. The Morgan fingerprint density at radius 3 is 2.56 bits per heavy atom. The second-order valence-electron chi connectivity index (χ2n) is 3.41. The number of hydrogen-bond acceptors (Lipinski definition) is 5. The number of carbonyl (C=O) groups is 1. The zero-order chi connectivity index (χ0) is 13.4. The molecule has 0 saturated carbocycles. The molecule has 0 spiro atoms. The van der Waals surface area contributed by atoms with Gasteiger partial charge in [0, 0.05) is 5.38 Å². The molecule has 8 heteroatoms. The normalized spacial score (nSPS) is 10.6. The zero-order valence-electron chi connectivity index (χ0n) is 9.07. The van der Waals surface area contributed by atoms with Crippen LogP contribution in [-0.2, 0) is 0 Å². The minimum atomic E-state index is -1.27. The predicted octanol–water partition coefficient (Wildman–Crippen LogP) is 3.10. The Bertz CT molecular complexity index is 642. The average molecular weight is 304 g/mol. The van der Waals surface area contributed by atoms with Gasteiger partial charge >= 0.3 is 5.97 Å². The molecule has 0 aromatic carbocycles. The minimum Gasteiger partial charge on any atom is -0.476 e. The van der Waals surface area contributed by atoms with Crippen molar-refractivity contribution in [2.45, 2.75) is 6.92 Å². The third kappa shape index (κ3) is 2.14. The molecule has 3 N–H and O–H groups in total. The van der Waals surface area contributed by atoms with Crippen molar-refractivity contribution in [3.05, 3.63) is 26.1 Å². The average Bonchev–Trinajstić information content (AvgIpc) is 2.72. The molecule has 0 unspecified atom stereocenters. The van der Waals surface area contributed by atoms with Gasteiger partial charge in [0.1, 0.15) is 11.4 Å². The van der Waals surface area contributed by atoms with E-state index in [4.69, 9.17) is 34.0 Å². The quantitative estimate of drug-likeness (QED) is 0.890. The van der Waals surface area contributed by atoms with Gasteiger partial charge in [0.2, 0.25) is 0 Å². The monoisotopic (exact) mass is 303 g/mol. The molecular formula is C10H7Cl2N3O2S. The molecule has 18 heavy (non-hydrogen) atoms. The number of aromatic carboxylic acids is 1. The molecule has 2 aromatic rings. The fraction of sp³-hybridized carbons (Fsp3) is 0.100. The van der Waals surface area contributed by atoms with Crippen LogP contribution in [0.3, 0.4) is 0 Å². The molecule has 0 saturated heterocycles. The molecule has 2 heterocycles. The van der Waals surface area contributed by atoms with Crippen molar-refractivity contribution in [2.24, 2.45) is 0 Å². The van der Waals surface area contributed by atoms with Crippen molar-refractivity contribution < 1.29 is 9.90 Å². The summed E-state index contributed by atoms with van der Waals surface area (Å²) in [5, 5.41) is 11.5. The Kier molecular flexibility index (Phi) is 3.43. The third-order valence-corrected chi connectivity index (χ3v) is 3.72. The Morgan fingerprint density at radius 2 is 2.06 bits per heavy atom. The number of nitrogen functional groups attached to an aromatic ring is 1. The van der Waals surface area contributed by atoms with E-state index >= 15 is 0 Å². The standard InChI is InChI=1S/C10H7Cl2N3O2S/c1-3-14-4(2-18-3)8-5(11)7(13)6(12)9(15-8)10(16)17/h2H,1H3,(H2,13,15)(H,16,17). The maximum absolute atomic E-state index is 11.0. The first-order valence-corrected chi connectivity index (χ1v) is 6.35. The summed E-state index contributed by atoms with van der Waals surface area (Å²) in [7, 11) is 0. The van der Waals surface area contributed by atoms with Gasteiger partial charge in [-0.25, -0.2) is 14.8 Å². The number of pyridine rings is 1. The summed E-state index contributed by atoms with van der Waals surface area (Å²) in [5.74, 6) is -1.27. The van der Waals surface area contributed by atoms with E-state index in [-0.39, 0.29) is 27.1 Å². The Balaban J connectivity index is 2.72. The van der Waals surface area contributed by atoms with Crippen LogP contribution in [0.25, 0.3) is 11.4 Å². The first-order valence-electron chi connectivity index (χ1n) is 4.72. The lowest BCUT2D eigenvalue weighted by atomic mass is 10.2. The highest BCUT2D eigenvalue weighted by Crippen LogP contribution is 2.37. The molecule has 0 fully saturated rings. The SMILES string of the molecule is Cc1nc(-c2nc(C(=O)O)c(Cl)c(N)c2Cl)cs1. The summed E-state index contributed by atoms with van der Waals surface area (Å²) in [6.07, 6.45) is 0. The van der Waals surface area contributed by atoms with E-state index in [9.17, 15) is 4.79 Å². The van der Waals surface area contributed by atoms with Crippen LogP contribution in [0.2, 0.25) is 10.0 Å². The Morgan fingerprint density at radius 1 is 1.39 bits per heavy atom. The van der Waals surface area contributed by atoms with Crippen LogP contribution in [-0.4, -0.2) is 21.0 Å². The number of carboxylic acids is 1. The van der Waals surface area contributed by atoms with Crippen LogP contribution < -0.4 is 5.73 Å². The van der Waals surface area contributed by atoms with Crippen molar-refractivity contribution in [1.29, 1.82) is 0 Å². The van der Waals surface area contributed by atoms with Crippen molar-refractivity contribution in [2.75, 3.05) is 5.73 Å². The van der Waals surface area contributed by atoms with Gasteiger partial charge in [0.25, 0.3) is 0 Å². The lowest BCUT2D eigenvalue weighted by Crippen LogP contribution is -2.06. The minimum absolute atomic E-state index is 0.00798. The van der Waals surface area contributed by atoms with E-state index in [1.165, 1.54) is 11.3 Å². The van der Waals surface area contributed by atoms with Gasteiger partial charge in [-0.05, 0) is 6.92 Å². The number of thiazole rings is 1. The smallest absolute Gasteiger partial charge is 0.356 e. The fourth-order valence-electron chi connectivity index (χ4n) is 1.35. The van der Waals surface area contributed by atoms with Gasteiger partial charge in [0.15, 0.2) is 5.69 Å². The van der Waals surface area contributed by atoms with E-state index in [1.54, 1.807) is 5.38 Å². The largest absolute Gasteiger partial charge is 0.476 e. The second-order valence-corrected chi connectivity index (χ2v) is 5.23. The number of hydrogen-bond donors (Lipinski definition) is 2. The number of anilines is 1. The van der Waals surface area contributed by atoms with Crippen LogP contribution in [0.5, 0.6) is 0 Å². The van der Waals surface area contributed by atoms with Crippen molar-refractivity contribution in [3.63, 3.8) is 0 Å². The van der Waals surface area contributed by atoms with E-state index in [0.717, 1.165) is 5.01 Å². The summed E-state index contributed by atoms with van der Waals surface area (Å²) in [6.45, 7) is 1.82. The molecule has 94 valence electrons. The third-order valence-electron chi connectivity index (χ3n) is 2.18. The molecule has 0 aliphatic heterocycles. The van der Waals surface area contributed by atoms with E-state index < -0.39 is 5.97 Å². The lowest BCUT2D eigenvalue weighted by Gasteiger charge is -2.08. The van der Waals surface area contributed by atoms with Gasteiger partial charge in [0.05, 0.1) is 20.7 Å². The van der Waals surface area contributed by atoms with Crippen molar-refractivity contribution >= 4 is 46.2 Å². The fourth-order valence-corrected chi connectivity index (χ4v) is 2.44. The molecule has 0 bridgehead atoms. The number of carboxylic acid groups (broad SMARTS) is 1. The highest BCUT2D eigenvalue weighted by molar-refractivity contribution is 7.09. The number of nitrogens with two attached hydrogens (primary N) is 1. The first kappa shape index (κ1) is 13.1. The summed E-state index contributed by atoms with van der Waals surface area (Å²) in [6, 6.07) is 0. The number of halogens is 2. The van der Waals surface area contributed by atoms with Gasteiger partial charge in [-0.2, -0.15) is 0 Å². The predicted molar refractivity (Wildman–Crippen MR) is 71.5 cm³/mol. The molecule has 2 rings (SSSR count). The molecule has 0 aliphatic rings. The summed E-state index contributed by atoms with van der Waals surface area (Å²) in [5.41, 5.74) is 6.03. The first-order chi connectivity index (χ1) is 8.41. The summed E-state index contributed by atoms with van der Waals surface area (Å²) in [4.78, 5) is 19.1. The topological polar surface area (TPSA) is 89.1 Å². The summed E-state index contributed by atoms with van der Waals surface area (Å²) >= 11 is 13.2. The van der Waals surface area contributed by atoms with Crippen molar-refractivity contribution in [1.82, 2.24) is 9.97 Å². The molecule has 0 atom stereocenters. The highest BCUT2D eigenvalue weighted by atomic mass is 35.5. The van der Waals surface area contributed by atoms with Gasteiger partial charge < -0.3 is 10.8 Å². The molecule has 0 aliphatic carbocycles. The van der Waals surface area contributed by atoms with Crippen LogP contribution in [0.4, 0.5) is 5.69 Å². The van der Waals surface area contributed by atoms with E-state index in [0.29, 0.717) is 5.69 Å². The van der Waals surface area contributed by atoms with Gasteiger partial charge in [-0.3, -0.25) is 0 Å². The van der Waals surface area contributed by atoms with Gasteiger partial charge in [-0.15, -0.1) is 11.3 Å². The molecule has 2 aromatic heterocycles.